The summed E-state index contributed by atoms with van der Waals surface area (Å²) in [4.78, 5) is 16.6. The van der Waals surface area contributed by atoms with Crippen LogP contribution in [0.15, 0.2) is 0 Å². The minimum absolute atomic E-state index is 0.0570. The summed E-state index contributed by atoms with van der Waals surface area (Å²) in [5.74, 6) is 0. The van der Waals surface area contributed by atoms with Crippen molar-refractivity contribution in [1.82, 2.24) is 0 Å². The Kier molecular flexibility index (Phi) is 4.53. The summed E-state index contributed by atoms with van der Waals surface area (Å²) < 4.78 is 4.28. The maximum atomic E-state index is 8.59. The van der Waals surface area contributed by atoms with Crippen LogP contribution in [0.3, 0.4) is 0 Å². The molecule has 0 aromatic heterocycles. The maximum absolute atomic E-state index is 8.59. The number of hydrogen-bond acceptors (Lipinski definition) is 4. The van der Waals surface area contributed by atoms with Crippen molar-refractivity contribution in [3.8, 4) is 0 Å². The average Bonchev–Trinajstić information content (AvgIpc) is 1.67. The molecule has 48 valence electrons. The van der Waals surface area contributed by atoms with E-state index in [-0.39, 0.29) is 5.45 Å². The molecule has 3 N–H and O–H groups in total. The van der Waals surface area contributed by atoms with Crippen molar-refractivity contribution >= 4 is 22.9 Å². The summed E-state index contributed by atoms with van der Waals surface area (Å²) >= 11 is 0. The molecule has 2 unspecified atom stereocenters. The Labute approximate surface area is 50.3 Å². The number of nitrogens with one attached hydrogen (secondary N) is 1. The fourth-order valence-electron chi connectivity index (χ4n) is 0.107. The van der Waals surface area contributed by atoms with Crippen molar-refractivity contribution in [3.05, 3.63) is 0 Å². The molecule has 0 fully saturated rings. The third-order valence-corrected chi connectivity index (χ3v) is 2.01. The second kappa shape index (κ2) is 4.30. The first-order valence-corrected chi connectivity index (χ1v) is 3.85. The van der Waals surface area contributed by atoms with Crippen LogP contribution in [0.1, 0.15) is 6.92 Å². The fraction of sp³-hybridized carbons (Fsp3) is 0.500. The molecule has 0 aliphatic carbocycles. The van der Waals surface area contributed by atoms with Crippen LogP contribution in [0, 0.1) is 5.41 Å². The van der Waals surface area contributed by atoms with Gasteiger partial charge in [0.25, 0.3) is 0 Å². The van der Waals surface area contributed by atoms with Crippen LogP contribution in [-0.4, -0.2) is 15.2 Å². The molecule has 8 heavy (non-hydrogen) atoms. The van der Waals surface area contributed by atoms with Crippen LogP contribution in [0.4, 0.5) is 0 Å². The van der Waals surface area contributed by atoms with Crippen LogP contribution in [-0.2, 0) is 4.31 Å². The van der Waals surface area contributed by atoms with Crippen molar-refractivity contribution in [2.45, 2.75) is 6.92 Å². The molecule has 0 bridgehead atoms. The lowest BCUT2D eigenvalue weighted by Crippen LogP contribution is -1.83. The van der Waals surface area contributed by atoms with Crippen molar-refractivity contribution in [3.63, 3.8) is 0 Å². The molecule has 0 spiro atoms. The average molecular weight is 155 g/mol. The van der Waals surface area contributed by atoms with E-state index >= 15 is 0 Å². The zero-order chi connectivity index (χ0) is 6.57. The molecule has 0 aromatic rings. The molecule has 6 heteroatoms. The Morgan fingerprint density at radius 2 is 2.38 bits per heavy atom. The van der Waals surface area contributed by atoms with Gasteiger partial charge >= 0.3 is 0 Å². The smallest absolute Gasteiger partial charge is 0.221 e. The highest BCUT2D eigenvalue weighted by atomic mass is 31.2. The van der Waals surface area contributed by atoms with Gasteiger partial charge in [-0.3, -0.25) is 4.31 Å². The van der Waals surface area contributed by atoms with E-state index in [0.717, 1.165) is 0 Å². The predicted molar refractivity (Wildman–Crippen MR) is 34.2 cm³/mol. The van der Waals surface area contributed by atoms with Gasteiger partial charge in [-0.1, -0.05) is 0 Å². The highest BCUT2D eigenvalue weighted by molar-refractivity contribution is 7.68. The van der Waals surface area contributed by atoms with Crippen molar-refractivity contribution in [1.29, 1.82) is 5.41 Å². The summed E-state index contributed by atoms with van der Waals surface area (Å²) in [5, 5.41) is 6.75. The topological polar surface area (TPSA) is 73.5 Å². The Balaban J connectivity index is 3.32. The van der Waals surface area contributed by atoms with Gasteiger partial charge in [0.2, 0.25) is 8.38 Å². The predicted octanol–water partition coefficient (Wildman–Crippen LogP) is 0.805. The molecule has 0 saturated carbocycles. The Hall–Kier alpha value is 0.410. The second-order valence-corrected chi connectivity index (χ2v) is 3.17. The minimum atomic E-state index is -1.79. The molecule has 0 heterocycles. The van der Waals surface area contributed by atoms with Gasteiger partial charge in [0.05, 0.1) is 5.45 Å². The Morgan fingerprint density at radius 3 is 2.50 bits per heavy atom. The molecular formula is C2H7NO3P2. The minimum Gasteiger partial charge on any atom is -0.352 e. The number of hydrogen-bond donors (Lipinski definition) is 3. The zero-order valence-electron chi connectivity index (χ0n) is 4.25. The quantitative estimate of drug-likeness (QED) is 0.417. The first-order chi connectivity index (χ1) is 3.68. The molecule has 0 saturated heterocycles. The van der Waals surface area contributed by atoms with E-state index in [2.05, 4.69) is 4.31 Å². The van der Waals surface area contributed by atoms with Crippen LogP contribution >= 0.6 is 17.4 Å². The van der Waals surface area contributed by atoms with Crippen LogP contribution < -0.4 is 0 Å². The van der Waals surface area contributed by atoms with E-state index in [1.807, 2.05) is 0 Å². The highest BCUT2D eigenvalue weighted by Crippen LogP contribution is 2.38. The molecule has 0 aromatic carbocycles. The molecule has 0 radical (unpaired) electrons. The van der Waals surface area contributed by atoms with E-state index in [1.54, 1.807) is 0 Å². The van der Waals surface area contributed by atoms with Crippen molar-refractivity contribution in [2.75, 3.05) is 0 Å². The van der Waals surface area contributed by atoms with Crippen LogP contribution in [0.2, 0.25) is 0 Å². The van der Waals surface area contributed by atoms with Gasteiger partial charge in [-0.05, 0) is 6.92 Å². The summed E-state index contributed by atoms with van der Waals surface area (Å²) in [6.45, 7) is 1.42. The summed E-state index contributed by atoms with van der Waals surface area (Å²) in [6, 6.07) is 0. The SMILES string of the molecule is CC(=N)P(O)OPO. The lowest BCUT2D eigenvalue weighted by atomic mass is 10.9. The van der Waals surface area contributed by atoms with Crippen molar-refractivity contribution < 1.29 is 14.1 Å². The molecule has 0 aliphatic heterocycles. The van der Waals surface area contributed by atoms with Gasteiger partial charge in [-0.2, -0.15) is 0 Å². The van der Waals surface area contributed by atoms with Gasteiger partial charge < -0.3 is 15.2 Å². The van der Waals surface area contributed by atoms with Gasteiger partial charge in [0.1, 0.15) is 0 Å². The van der Waals surface area contributed by atoms with E-state index in [1.165, 1.54) is 6.92 Å². The lowest BCUT2D eigenvalue weighted by molar-refractivity contribution is 0.487. The lowest BCUT2D eigenvalue weighted by Gasteiger charge is -2.03. The van der Waals surface area contributed by atoms with Crippen LogP contribution in [0.5, 0.6) is 0 Å². The second-order valence-electron chi connectivity index (χ2n) is 1.04. The van der Waals surface area contributed by atoms with E-state index in [4.69, 9.17) is 15.2 Å². The molecule has 2 atom stereocenters. The summed E-state index contributed by atoms with van der Waals surface area (Å²) in [5.41, 5.74) is 0.0570. The van der Waals surface area contributed by atoms with E-state index < -0.39 is 17.4 Å². The third kappa shape index (κ3) is 3.42. The van der Waals surface area contributed by atoms with Gasteiger partial charge in [0, 0.05) is 0 Å². The van der Waals surface area contributed by atoms with Crippen LogP contribution in [0.25, 0.3) is 0 Å². The standard InChI is InChI=1S/C2H7NO3P2/c1-2(3)8(5)6-7-4/h3-5,7H,1H3. The largest absolute Gasteiger partial charge is 0.352 e. The van der Waals surface area contributed by atoms with E-state index in [9.17, 15) is 0 Å². The highest BCUT2D eigenvalue weighted by Gasteiger charge is 2.05. The molecule has 0 rings (SSSR count). The monoisotopic (exact) mass is 155 g/mol. The zero-order valence-corrected chi connectivity index (χ0v) is 6.14. The maximum Gasteiger partial charge on any atom is 0.221 e. The Morgan fingerprint density at radius 1 is 1.88 bits per heavy atom. The third-order valence-electron chi connectivity index (χ3n) is 0.414. The summed E-state index contributed by atoms with van der Waals surface area (Å²) in [6.07, 6.45) is 0. The molecular weight excluding hydrogens is 148 g/mol. The van der Waals surface area contributed by atoms with Gasteiger partial charge in [-0.25, -0.2) is 0 Å². The normalized spacial score (nSPS) is 14.9. The Bertz CT molecular complexity index is 87.4. The number of rotatable bonds is 3. The molecule has 0 amide bonds. The van der Waals surface area contributed by atoms with Gasteiger partial charge in [-0.15, -0.1) is 0 Å². The van der Waals surface area contributed by atoms with Crippen molar-refractivity contribution in [2.24, 2.45) is 0 Å². The van der Waals surface area contributed by atoms with E-state index in [0.29, 0.717) is 0 Å². The first kappa shape index (κ1) is 8.41. The fourth-order valence-corrected chi connectivity index (χ4v) is 0.964. The molecule has 4 nitrogen and oxygen atoms in total. The van der Waals surface area contributed by atoms with Gasteiger partial charge in [0.15, 0.2) is 9.03 Å². The summed E-state index contributed by atoms with van der Waals surface area (Å²) in [7, 11) is -2.53. The molecule has 0 aliphatic rings. The first-order valence-electron chi connectivity index (χ1n) is 1.78.